The summed E-state index contributed by atoms with van der Waals surface area (Å²) in [7, 11) is 0. The van der Waals surface area contributed by atoms with Gasteiger partial charge in [0.1, 0.15) is 6.23 Å². The number of benzene rings is 1. The summed E-state index contributed by atoms with van der Waals surface area (Å²) < 4.78 is 0. The van der Waals surface area contributed by atoms with Crippen LogP contribution < -0.4 is 26.6 Å². The van der Waals surface area contributed by atoms with Crippen LogP contribution in [0.5, 0.6) is 0 Å². The van der Waals surface area contributed by atoms with Gasteiger partial charge in [0.25, 0.3) is 0 Å². The van der Waals surface area contributed by atoms with Crippen LogP contribution in [0.1, 0.15) is 111 Å². The van der Waals surface area contributed by atoms with Gasteiger partial charge in [-0.15, -0.1) is 0 Å². The summed E-state index contributed by atoms with van der Waals surface area (Å²) in [5, 5.41) is 57.4. The van der Waals surface area contributed by atoms with Crippen molar-refractivity contribution in [3.8, 4) is 0 Å². The molecule has 9 N–H and O–H groups in total. The fourth-order valence-electron chi connectivity index (χ4n) is 5.30. The number of anilines is 2. The highest BCUT2D eigenvalue weighted by molar-refractivity contribution is 7.80. The van der Waals surface area contributed by atoms with Gasteiger partial charge in [0.05, 0.1) is 0 Å². The minimum Gasteiger partial charge on any atom is -0.384 e. The van der Waals surface area contributed by atoms with Crippen molar-refractivity contribution in [1.82, 2.24) is 31.1 Å². The zero-order valence-electron chi connectivity index (χ0n) is 33.4. The minimum absolute atomic E-state index is 0.0133. The van der Waals surface area contributed by atoms with Crippen molar-refractivity contribution in [2.75, 3.05) is 56.4 Å². The average molecular weight is 827 g/mol. The highest BCUT2D eigenvalue weighted by Gasteiger charge is 2.15. The number of carbonyl (C=O) groups excluding carboxylic acids is 4. The zero-order valence-corrected chi connectivity index (χ0v) is 35.0. The number of aliphatic hydroxyl groups is 1. The molecule has 0 aliphatic rings. The van der Waals surface area contributed by atoms with E-state index in [0.29, 0.717) is 90.8 Å². The van der Waals surface area contributed by atoms with Crippen molar-refractivity contribution >= 4 is 69.4 Å². The van der Waals surface area contributed by atoms with Crippen LogP contribution in [0.2, 0.25) is 0 Å². The molecule has 0 saturated heterocycles. The predicted molar refractivity (Wildman–Crippen MR) is 224 cm³/mol. The Labute approximate surface area is 343 Å². The van der Waals surface area contributed by atoms with E-state index in [4.69, 9.17) is 24.4 Å². The largest absolute Gasteiger partial charge is 0.384 e. The number of rotatable bonds is 31. The molecule has 0 fully saturated rings. The lowest BCUT2D eigenvalue weighted by Gasteiger charge is -2.17. The third kappa shape index (κ3) is 24.9. The van der Waals surface area contributed by atoms with E-state index in [9.17, 15) is 39.9 Å². The summed E-state index contributed by atoms with van der Waals surface area (Å²) in [5.74, 6) is -1.39. The van der Waals surface area contributed by atoms with Crippen LogP contribution in [0.25, 0.3) is 0 Å². The first-order valence-electron chi connectivity index (χ1n) is 19.8. The number of nitrogens with one attached hydrogen (secondary N) is 5. The van der Waals surface area contributed by atoms with Crippen LogP contribution >= 0.6 is 24.4 Å². The van der Waals surface area contributed by atoms with Crippen LogP contribution in [0.3, 0.4) is 0 Å². The molecular formula is C38H66N8O8S2. The highest BCUT2D eigenvalue weighted by Crippen LogP contribution is 2.15. The SMILES string of the molecule is CCC(=S)C(C)CNc1ccc(NC(=S)NCCCCCN(O)C(=O)CCC(O)NCCCCCN(O)C(=O)CCC(=O)NCCCCCN(O)C(C)=O)cc1. The highest BCUT2D eigenvalue weighted by atomic mass is 32.1. The van der Waals surface area contributed by atoms with E-state index < -0.39 is 23.9 Å². The second kappa shape index (κ2) is 30.6. The summed E-state index contributed by atoms with van der Waals surface area (Å²) in [6.45, 7) is 8.35. The molecule has 0 aromatic heterocycles. The lowest BCUT2D eigenvalue weighted by Crippen LogP contribution is -2.33. The number of thiocarbonyl (C=S) groups is 2. The van der Waals surface area contributed by atoms with Gasteiger partial charge < -0.3 is 26.4 Å². The molecule has 0 saturated carbocycles. The van der Waals surface area contributed by atoms with Gasteiger partial charge in [0.15, 0.2) is 5.11 Å². The van der Waals surface area contributed by atoms with Gasteiger partial charge in [0.2, 0.25) is 23.6 Å². The van der Waals surface area contributed by atoms with E-state index >= 15 is 0 Å². The van der Waals surface area contributed by atoms with Crippen LogP contribution in [0.4, 0.5) is 11.4 Å². The summed E-state index contributed by atoms with van der Waals surface area (Å²) in [4.78, 5) is 48.4. The lowest BCUT2D eigenvalue weighted by atomic mass is 10.1. The number of hydrogen-bond acceptors (Lipinski definition) is 12. The molecule has 0 heterocycles. The first-order valence-corrected chi connectivity index (χ1v) is 20.6. The van der Waals surface area contributed by atoms with E-state index in [-0.39, 0.29) is 51.2 Å². The summed E-state index contributed by atoms with van der Waals surface area (Å²) in [5.41, 5.74) is 1.89. The third-order valence-electron chi connectivity index (χ3n) is 8.92. The van der Waals surface area contributed by atoms with Gasteiger partial charge in [-0.25, -0.2) is 15.2 Å². The normalized spacial score (nSPS) is 11.9. The molecule has 318 valence electrons. The van der Waals surface area contributed by atoms with Crippen LogP contribution in [-0.4, -0.2) is 122 Å². The second-order valence-electron chi connectivity index (χ2n) is 13.8. The Bertz CT molecular complexity index is 1330. The van der Waals surface area contributed by atoms with Gasteiger partial charge >= 0.3 is 0 Å². The second-order valence-corrected chi connectivity index (χ2v) is 14.7. The Hall–Kier alpha value is -3.52. The molecule has 0 aliphatic carbocycles. The molecule has 16 nitrogen and oxygen atoms in total. The predicted octanol–water partition coefficient (Wildman–Crippen LogP) is 4.57. The van der Waals surface area contributed by atoms with Crippen molar-refractivity contribution in [2.45, 2.75) is 117 Å². The first-order chi connectivity index (χ1) is 26.7. The number of carbonyl (C=O) groups is 4. The maximum Gasteiger partial charge on any atom is 0.246 e. The summed E-state index contributed by atoms with van der Waals surface area (Å²) in [6.07, 6.45) is 6.03. The van der Waals surface area contributed by atoms with E-state index in [1.165, 1.54) is 6.92 Å². The van der Waals surface area contributed by atoms with Crippen molar-refractivity contribution < 1.29 is 39.9 Å². The van der Waals surface area contributed by atoms with Gasteiger partial charge in [-0.1, -0.05) is 32.5 Å². The molecule has 1 aromatic rings. The van der Waals surface area contributed by atoms with E-state index in [1.807, 2.05) is 24.3 Å². The average Bonchev–Trinajstić information content (AvgIpc) is 3.18. The number of nitrogens with zero attached hydrogens (tertiary/aromatic N) is 3. The molecule has 1 aromatic carbocycles. The van der Waals surface area contributed by atoms with Crippen LogP contribution in [-0.2, 0) is 19.2 Å². The Kier molecular flexibility index (Phi) is 27.6. The molecule has 4 amide bonds. The molecule has 2 atom stereocenters. The molecule has 1 rings (SSSR count). The molecular weight excluding hydrogens is 761 g/mol. The maximum atomic E-state index is 12.3. The number of unbranched alkanes of at least 4 members (excludes halogenated alkanes) is 6. The Morgan fingerprint density at radius 2 is 1.21 bits per heavy atom. The summed E-state index contributed by atoms with van der Waals surface area (Å²) in [6, 6.07) is 7.89. The standard InChI is InChI=1S/C38H66N8O8S2/c1-4-33(55)29(2)28-42-31-14-16-32(17-15-31)43-38(56)41-24-10-7-13-27-46(54)37(51)21-19-35(49)40-23-9-6-12-26-45(53)36(50)20-18-34(48)39-22-8-5-11-25-44(52)30(3)47/h14-17,29,35,40,42,49,52-54H,4-13,18-28H2,1-3H3,(H,39,48)(H2,41,43,56). The maximum absolute atomic E-state index is 12.3. The molecule has 2 unspecified atom stereocenters. The van der Waals surface area contributed by atoms with Crippen molar-refractivity contribution in [1.29, 1.82) is 0 Å². The third-order valence-corrected chi connectivity index (χ3v) is 9.86. The molecule has 0 radical (unpaired) electrons. The number of aliphatic hydroxyl groups excluding tert-OH is 1. The van der Waals surface area contributed by atoms with E-state index in [1.54, 1.807) is 0 Å². The molecule has 0 bridgehead atoms. The molecule has 0 aliphatic heterocycles. The Balaban J connectivity index is 2.04. The fourth-order valence-corrected chi connectivity index (χ4v) is 5.61. The monoisotopic (exact) mass is 826 g/mol. The van der Waals surface area contributed by atoms with Crippen LogP contribution in [0, 0.1) is 5.92 Å². The Morgan fingerprint density at radius 3 is 1.79 bits per heavy atom. The van der Waals surface area contributed by atoms with Gasteiger partial charge in [-0.3, -0.25) is 40.1 Å². The first kappa shape index (κ1) is 50.5. The number of amides is 4. The Morgan fingerprint density at radius 1 is 0.696 bits per heavy atom. The number of hydrogen-bond donors (Lipinski definition) is 9. The van der Waals surface area contributed by atoms with Gasteiger partial charge in [-0.2, -0.15) is 0 Å². The number of hydroxylamine groups is 6. The van der Waals surface area contributed by atoms with Crippen LogP contribution in [0.15, 0.2) is 24.3 Å². The topological polar surface area (TPSA) is 219 Å². The van der Waals surface area contributed by atoms with Gasteiger partial charge in [0, 0.05) is 82.7 Å². The lowest BCUT2D eigenvalue weighted by molar-refractivity contribution is -0.166. The van der Waals surface area contributed by atoms with Crippen molar-refractivity contribution in [3.05, 3.63) is 24.3 Å². The smallest absolute Gasteiger partial charge is 0.246 e. The molecule has 0 spiro atoms. The van der Waals surface area contributed by atoms with E-state index in [0.717, 1.165) is 42.0 Å². The zero-order chi connectivity index (χ0) is 41.7. The quantitative estimate of drug-likeness (QED) is 0.0165. The fraction of sp³-hybridized carbons (Fsp3) is 0.684. The van der Waals surface area contributed by atoms with Crippen molar-refractivity contribution in [2.24, 2.45) is 5.92 Å². The van der Waals surface area contributed by atoms with Gasteiger partial charge in [-0.05, 0) is 112 Å². The molecule has 18 heteroatoms. The molecule has 56 heavy (non-hydrogen) atoms. The summed E-state index contributed by atoms with van der Waals surface area (Å²) >= 11 is 10.8. The van der Waals surface area contributed by atoms with Crippen molar-refractivity contribution in [3.63, 3.8) is 0 Å². The van der Waals surface area contributed by atoms with E-state index in [2.05, 4.69) is 40.4 Å². The minimum atomic E-state index is -0.913.